The SMILES string of the molecule is COCC1(OC)CCC(NC(=O)Cc2cc(-c3ccc(Cl)cc3)ccc2C)(C(=O)OC)CC1. The summed E-state index contributed by atoms with van der Waals surface area (Å²) in [4.78, 5) is 25.9. The lowest BCUT2D eigenvalue weighted by atomic mass is 9.73. The van der Waals surface area contributed by atoms with Crippen LogP contribution in [-0.2, 0) is 30.2 Å². The van der Waals surface area contributed by atoms with Gasteiger partial charge in [-0.3, -0.25) is 4.79 Å². The normalized spacial score (nSPS) is 22.6. The molecule has 0 atom stereocenters. The van der Waals surface area contributed by atoms with Gasteiger partial charge in [0, 0.05) is 19.2 Å². The topological polar surface area (TPSA) is 73.9 Å². The molecular weight excluding hydrogens is 442 g/mol. The Bertz CT molecular complexity index is 981. The predicted molar refractivity (Wildman–Crippen MR) is 128 cm³/mol. The molecule has 1 aliphatic carbocycles. The van der Waals surface area contributed by atoms with Crippen LogP contribution in [0.3, 0.4) is 0 Å². The summed E-state index contributed by atoms with van der Waals surface area (Å²) < 4.78 is 16.1. The van der Waals surface area contributed by atoms with Crippen LogP contribution >= 0.6 is 11.6 Å². The fourth-order valence-electron chi connectivity index (χ4n) is 4.55. The average molecular weight is 474 g/mol. The minimum atomic E-state index is -1.07. The van der Waals surface area contributed by atoms with E-state index >= 15 is 0 Å². The summed E-state index contributed by atoms with van der Waals surface area (Å²) in [6.45, 7) is 2.41. The van der Waals surface area contributed by atoms with Crippen molar-refractivity contribution in [3.05, 3.63) is 58.6 Å². The summed E-state index contributed by atoms with van der Waals surface area (Å²) in [5, 5.41) is 3.68. The fourth-order valence-corrected chi connectivity index (χ4v) is 4.67. The van der Waals surface area contributed by atoms with Gasteiger partial charge in [-0.2, -0.15) is 0 Å². The molecule has 0 saturated heterocycles. The Kier molecular flexibility index (Phi) is 8.16. The zero-order chi connectivity index (χ0) is 24.1. The number of carbonyl (C=O) groups excluding carboxylic acids is 2. The highest BCUT2D eigenvalue weighted by Gasteiger charge is 2.49. The van der Waals surface area contributed by atoms with Gasteiger partial charge in [-0.15, -0.1) is 0 Å². The number of rotatable bonds is 8. The highest BCUT2D eigenvalue weighted by molar-refractivity contribution is 6.30. The molecule has 0 unspecified atom stereocenters. The van der Waals surface area contributed by atoms with Crippen molar-refractivity contribution in [2.45, 2.75) is 50.2 Å². The average Bonchev–Trinajstić information content (AvgIpc) is 2.82. The third-order valence-electron chi connectivity index (χ3n) is 6.69. The third-order valence-corrected chi connectivity index (χ3v) is 6.94. The van der Waals surface area contributed by atoms with Gasteiger partial charge >= 0.3 is 5.97 Å². The first kappa shape index (κ1) is 25.2. The molecule has 0 heterocycles. The van der Waals surface area contributed by atoms with Crippen molar-refractivity contribution in [2.24, 2.45) is 0 Å². The van der Waals surface area contributed by atoms with E-state index in [-0.39, 0.29) is 12.3 Å². The zero-order valence-corrected chi connectivity index (χ0v) is 20.5. The highest BCUT2D eigenvalue weighted by atomic mass is 35.5. The number of halogens is 1. The summed E-state index contributed by atoms with van der Waals surface area (Å²) >= 11 is 6.01. The van der Waals surface area contributed by atoms with Gasteiger partial charge in [0.1, 0.15) is 5.54 Å². The fraction of sp³-hybridized carbons (Fsp3) is 0.462. The van der Waals surface area contributed by atoms with E-state index in [4.69, 9.17) is 25.8 Å². The Balaban J connectivity index is 1.77. The summed E-state index contributed by atoms with van der Waals surface area (Å²) in [7, 11) is 4.63. The van der Waals surface area contributed by atoms with Gasteiger partial charge in [0.2, 0.25) is 5.91 Å². The molecule has 0 aromatic heterocycles. The molecule has 1 amide bonds. The van der Waals surface area contributed by atoms with Crippen LogP contribution in [0.25, 0.3) is 11.1 Å². The van der Waals surface area contributed by atoms with E-state index in [2.05, 4.69) is 5.32 Å². The van der Waals surface area contributed by atoms with Crippen molar-refractivity contribution in [3.63, 3.8) is 0 Å². The number of ether oxygens (including phenoxy) is 3. The third kappa shape index (κ3) is 5.75. The molecule has 2 aromatic rings. The molecule has 33 heavy (non-hydrogen) atoms. The first-order chi connectivity index (χ1) is 15.8. The Morgan fingerprint density at radius 3 is 2.18 bits per heavy atom. The van der Waals surface area contributed by atoms with Crippen molar-refractivity contribution < 1.29 is 23.8 Å². The van der Waals surface area contributed by atoms with Gasteiger partial charge in [0.25, 0.3) is 0 Å². The van der Waals surface area contributed by atoms with Crippen molar-refractivity contribution in [2.75, 3.05) is 27.9 Å². The lowest BCUT2D eigenvalue weighted by Gasteiger charge is -2.44. The van der Waals surface area contributed by atoms with Crippen LogP contribution < -0.4 is 5.32 Å². The second-order valence-corrected chi connectivity index (χ2v) is 9.20. The predicted octanol–water partition coefficient (Wildman–Crippen LogP) is 4.49. The maximum atomic E-state index is 13.1. The molecule has 1 N–H and O–H groups in total. The van der Waals surface area contributed by atoms with Gasteiger partial charge in [0.05, 0.1) is 25.7 Å². The van der Waals surface area contributed by atoms with Crippen molar-refractivity contribution >= 4 is 23.5 Å². The lowest BCUT2D eigenvalue weighted by Crippen LogP contribution is -2.60. The largest absolute Gasteiger partial charge is 0.467 e. The second-order valence-electron chi connectivity index (χ2n) is 8.77. The van der Waals surface area contributed by atoms with E-state index in [1.165, 1.54) is 7.11 Å². The van der Waals surface area contributed by atoms with Gasteiger partial charge in [-0.1, -0.05) is 41.9 Å². The van der Waals surface area contributed by atoms with E-state index in [1.807, 2.05) is 49.4 Å². The maximum absolute atomic E-state index is 13.1. The number of aryl methyl sites for hydroxylation is 1. The zero-order valence-electron chi connectivity index (χ0n) is 19.7. The van der Waals surface area contributed by atoms with Gasteiger partial charge in [-0.05, 0) is 67.0 Å². The van der Waals surface area contributed by atoms with Gasteiger partial charge in [-0.25, -0.2) is 4.79 Å². The van der Waals surface area contributed by atoms with Crippen LogP contribution in [0.1, 0.15) is 36.8 Å². The maximum Gasteiger partial charge on any atom is 0.331 e. The molecular formula is C26H32ClNO5. The van der Waals surface area contributed by atoms with Gasteiger partial charge < -0.3 is 19.5 Å². The highest BCUT2D eigenvalue weighted by Crippen LogP contribution is 2.38. The molecule has 3 rings (SSSR count). The lowest BCUT2D eigenvalue weighted by molar-refractivity contribution is -0.158. The van der Waals surface area contributed by atoms with Crippen molar-refractivity contribution in [1.29, 1.82) is 0 Å². The number of amides is 1. The minimum absolute atomic E-state index is 0.166. The second kappa shape index (κ2) is 10.7. The Morgan fingerprint density at radius 2 is 1.61 bits per heavy atom. The summed E-state index contributed by atoms with van der Waals surface area (Å²) in [6, 6.07) is 13.6. The van der Waals surface area contributed by atoms with E-state index in [0.29, 0.717) is 37.3 Å². The van der Waals surface area contributed by atoms with Crippen LogP contribution in [0.2, 0.25) is 5.02 Å². The summed E-state index contributed by atoms with van der Waals surface area (Å²) in [5.74, 6) is -0.641. The van der Waals surface area contributed by atoms with Crippen LogP contribution in [0.4, 0.5) is 0 Å². The molecule has 1 fully saturated rings. The first-order valence-electron chi connectivity index (χ1n) is 11.1. The van der Waals surface area contributed by atoms with Crippen molar-refractivity contribution in [3.8, 4) is 11.1 Å². The monoisotopic (exact) mass is 473 g/mol. The summed E-state index contributed by atoms with van der Waals surface area (Å²) in [6.07, 6.45) is 2.17. The molecule has 178 valence electrons. The molecule has 2 aromatic carbocycles. The van der Waals surface area contributed by atoms with E-state index in [1.54, 1.807) is 14.2 Å². The molecule has 0 bridgehead atoms. The minimum Gasteiger partial charge on any atom is -0.467 e. The molecule has 7 heteroatoms. The number of benzene rings is 2. The van der Waals surface area contributed by atoms with Crippen LogP contribution in [0, 0.1) is 6.92 Å². The number of esters is 1. The Labute approximate surface area is 200 Å². The van der Waals surface area contributed by atoms with E-state index < -0.39 is 17.1 Å². The first-order valence-corrected chi connectivity index (χ1v) is 11.4. The Hall–Kier alpha value is -2.41. The molecule has 6 nitrogen and oxygen atoms in total. The molecule has 1 saturated carbocycles. The van der Waals surface area contributed by atoms with E-state index in [9.17, 15) is 9.59 Å². The quantitative estimate of drug-likeness (QED) is 0.572. The number of methoxy groups -OCH3 is 3. The van der Waals surface area contributed by atoms with Crippen LogP contribution in [-0.4, -0.2) is 51.0 Å². The van der Waals surface area contributed by atoms with E-state index in [0.717, 1.165) is 22.3 Å². The standard InChI is InChI=1S/C26H32ClNO5/c1-18-5-6-20(19-7-9-22(27)10-8-19)15-21(18)16-23(29)28-26(24(30)32-3)13-11-25(33-4,12-14-26)17-31-2/h5-10,15H,11-14,16-17H2,1-4H3,(H,28,29). The number of carbonyl (C=O) groups is 2. The molecule has 0 aliphatic heterocycles. The molecule has 1 aliphatic rings. The molecule has 0 spiro atoms. The number of hydrogen-bond acceptors (Lipinski definition) is 5. The van der Waals surface area contributed by atoms with Crippen molar-refractivity contribution in [1.82, 2.24) is 5.32 Å². The van der Waals surface area contributed by atoms with Crippen LogP contribution in [0.15, 0.2) is 42.5 Å². The number of nitrogens with one attached hydrogen (secondary N) is 1. The smallest absolute Gasteiger partial charge is 0.331 e. The Morgan fingerprint density at radius 1 is 0.970 bits per heavy atom. The summed E-state index contributed by atoms with van der Waals surface area (Å²) in [5.41, 5.74) is 2.42. The van der Waals surface area contributed by atoms with Gasteiger partial charge in [0.15, 0.2) is 0 Å². The van der Waals surface area contributed by atoms with Crippen LogP contribution in [0.5, 0.6) is 0 Å². The molecule has 0 radical (unpaired) electrons. The number of hydrogen-bond donors (Lipinski definition) is 1.